The quantitative estimate of drug-likeness (QED) is 0.449. The summed E-state index contributed by atoms with van der Waals surface area (Å²) < 4.78 is 16.9. The molecule has 1 aliphatic rings. The van der Waals surface area contributed by atoms with E-state index in [1.165, 1.54) is 11.3 Å². The van der Waals surface area contributed by atoms with Gasteiger partial charge in [-0.3, -0.25) is 4.79 Å². The standard InChI is InChI=1S/C21H18N2O4S2/c1-12(29-13-5-6-16-17(10-13)27-9-3-8-26-16)19-22-20(24)18-14(11-28-21(18)23-19)15-4-2-7-25-15/h2,4-7,10-12H,3,8-9H2,1H3,(H,22,23,24). The van der Waals surface area contributed by atoms with Crippen LogP contribution in [-0.4, -0.2) is 23.2 Å². The number of hydrogen-bond acceptors (Lipinski definition) is 7. The molecule has 1 unspecified atom stereocenters. The van der Waals surface area contributed by atoms with E-state index in [1.54, 1.807) is 18.0 Å². The van der Waals surface area contributed by atoms with Gasteiger partial charge in [-0.25, -0.2) is 4.98 Å². The predicted octanol–water partition coefficient (Wildman–Crippen LogP) is 5.26. The summed E-state index contributed by atoms with van der Waals surface area (Å²) in [6, 6.07) is 9.58. The number of rotatable bonds is 4. The van der Waals surface area contributed by atoms with Crippen molar-refractivity contribution in [1.82, 2.24) is 9.97 Å². The number of aromatic amines is 1. The van der Waals surface area contributed by atoms with Crippen LogP contribution in [0.4, 0.5) is 0 Å². The van der Waals surface area contributed by atoms with Crippen molar-refractivity contribution in [2.45, 2.75) is 23.5 Å². The van der Waals surface area contributed by atoms with Crippen LogP contribution in [0.2, 0.25) is 0 Å². The molecule has 5 rings (SSSR count). The van der Waals surface area contributed by atoms with Crippen molar-refractivity contribution < 1.29 is 13.9 Å². The molecule has 0 spiro atoms. The Morgan fingerprint density at radius 2 is 2.07 bits per heavy atom. The number of nitrogens with zero attached hydrogens (tertiary/aromatic N) is 1. The third kappa shape index (κ3) is 3.54. The van der Waals surface area contributed by atoms with Crippen LogP contribution in [0.1, 0.15) is 24.4 Å². The van der Waals surface area contributed by atoms with Crippen LogP contribution >= 0.6 is 23.1 Å². The molecule has 8 heteroatoms. The van der Waals surface area contributed by atoms with Gasteiger partial charge in [-0.05, 0) is 37.3 Å². The number of benzene rings is 1. The molecule has 0 bridgehead atoms. The Morgan fingerprint density at radius 3 is 2.90 bits per heavy atom. The maximum absolute atomic E-state index is 12.8. The molecule has 1 aromatic carbocycles. The van der Waals surface area contributed by atoms with Crippen molar-refractivity contribution in [3.63, 3.8) is 0 Å². The van der Waals surface area contributed by atoms with E-state index in [0.717, 1.165) is 28.4 Å². The van der Waals surface area contributed by atoms with Crippen molar-refractivity contribution >= 4 is 33.3 Å². The smallest absolute Gasteiger partial charge is 0.260 e. The van der Waals surface area contributed by atoms with Crippen molar-refractivity contribution in [3.8, 4) is 22.8 Å². The van der Waals surface area contributed by atoms with Crippen LogP contribution in [0.15, 0.2) is 56.1 Å². The molecule has 3 aromatic heterocycles. The fourth-order valence-corrected chi connectivity index (χ4v) is 5.14. The molecule has 0 fully saturated rings. The van der Waals surface area contributed by atoms with Crippen LogP contribution in [0.25, 0.3) is 21.5 Å². The van der Waals surface area contributed by atoms with Crippen LogP contribution in [0, 0.1) is 0 Å². The Balaban J connectivity index is 1.44. The van der Waals surface area contributed by atoms with Crippen molar-refractivity contribution in [1.29, 1.82) is 0 Å². The van der Waals surface area contributed by atoms with Crippen molar-refractivity contribution in [2.75, 3.05) is 13.2 Å². The van der Waals surface area contributed by atoms with Gasteiger partial charge in [-0.1, -0.05) is 0 Å². The molecule has 6 nitrogen and oxygen atoms in total. The number of ether oxygens (including phenoxy) is 2. The summed E-state index contributed by atoms with van der Waals surface area (Å²) in [5.74, 6) is 2.85. The maximum Gasteiger partial charge on any atom is 0.260 e. The second-order valence-electron chi connectivity index (χ2n) is 6.68. The molecule has 0 saturated heterocycles. The largest absolute Gasteiger partial charge is 0.490 e. The summed E-state index contributed by atoms with van der Waals surface area (Å²) >= 11 is 3.06. The highest BCUT2D eigenvalue weighted by molar-refractivity contribution is 7.99. The summed E-state index contributed by atoms with van der Waals surface area (Å²) in [5, 5.41) is 2.45. The van der Waals surface area contributed by atoms with Gasteiger partial charge in [0.1, 0.15) is 16.4 Å². The minimum atomic E-state index is -0.149. The van der Waals surface area contributed by atoms with E-state index in [2.05, 4.69) is 4.98 Å². The number of nitrogens with one attached hydrogen (secondary N) is 1. The summed E-state index contributed by atoms with van der Waals surface area (Å²) in [7, 11) is 0. The first kappa shape index (κ1) is 18.3. The Morgan fingerprint density at radius 1 is 1.21 bits per heavy atom. The lowest BCUT2D eigenvalue weighted by atomic mass is 10.2. The van der Waals surface area contributed by atoms with Crippen LogP contribution in [0.5, 0.6) is 11.5 Å². The second-order valence-corrected chi connectivity index (χ2v) is 8.95. The zero-order chi connectivity index (χ0) is 19.8. The lowest BCUT2D eigenvalue weighted by molar-refractivity contribution is 0.297. The van der Waals surface area contributed by atoms with Gasteiger partial charge in [0.05, 0.1) is 30.1 Å². The normalized spacial score (nSPS) is 14.7. The van der Waals surface area contributed by atoms with Crippen molar-refractivity contribution in [2.24, 2.45) is 0 Å². The average molecular weight is 427 g/mol. The van der Waals surface area contributed by atoms with Crippen LogP contribution in [0.3, 0.4) is 0 Å². The van der Waals surface area contributed by atoms with Crippen LogP contribution < -0.4 is 15.0 Å². The van der Waals surface area contributed by atoms with E-state index in [9.17, 15) is 4.79 Å². The minimum Gasteiger partial charge on any atom is -0.490 e. The zero-order valence-corrected chi connectivity index (χ0v) is 17.3. The number of furan rings is 1. The maximum atomic E-state index is 12.8. The molecule has 0 radical (unpaired) electrons. The van der Waals surface area contributed by atoms with E-state index >= 15 is 0 Å². The van der Waals surface area contributed by atoms with Gasteiger partial charge in [-0.15, -0.1) is 23.1 Å². The Bertz CT molecular complexity index is 1210. The van der Waals surface area contributed by atoms with Gasteiger partial charge in [0.2, 0.25) is 0 Å². The van der Waals surface area contributed by atoms with Gasteiger partial charge in [0, 0.05) is 22.3 Å². The molecule has 4 heterocycles. The third-order valence-corrected chi connectivity index (χ3v) is 6.64. The predicted molar refractivity (Wildman–Crippen MR) is 114 cm³/mol. The Hall–Kier alpha value is -2.71. The molecule has 4 aromatic rings. The Kier molecular flexibility index (Phi) is 4.81. The topological polar surface area (TPSA) is 77.3 Å². The average Bonchev–Trinajstić information content (AvgIpc) is 3.33. The first-order chi connectivity index (χ1) is 14.2. The van der Waals surface area contributed by atoms with E-state index in [1.807, 2.05) is 42.6 Å². The first-order valence-electron chi connectivity index (χ1n) is 9.30. The molecular formula is C21H18N2O4S2. The highest BCUT2D eigenvalue weighted by Crippen LogP contribution is 2.39. The lowest BCUT2D eigenvalue weighted by Crippen LogP contribution is -2.12. The third-order valence-electron chi connectivity index (χ3n) is 4.67. The summed E-state index contributed by atoms with van der Waals surface area (Å²) in [6.07, 6.45) is 2.47. The Labute approximate surface area is 174 Å². The van der Waals surface area contributed by atoms with Gasteiger partial charge in [-0.2, -0.15) is 0 Å². The fourth-order valence-electron chi connectivity index (χ4n) is 3.25. The molecule has 0 saturated carbocycles. The highest BCUT2D eigenvalue weighted by atomic mass is 32.2. The summed E-state index contributed by atoms with van der Waals surface area (Å²) in [5.41, 5.74) is 0.627. The molecule has 0 amide bonds. The number of hydrogen-bond donors (Lipinski definition) is 1. The molecule has 0 aliphatic carbocycles. The number of fused-ring (bicyclic) bond motifs is 2. The number of aromatic nitrogens is 2. The summed E-state index contributed by atoms with van der Waals surface area (Å²) in [6.45, 7) is 3.35. The zero-order valence-electron chi connectivity index (χ0n) is 15.6. The molecular weight excluding hydrogens is 408 g/mol. The van der Waals surface area contributed by atoms with Gasteiger partial charge in [0.15, 0.2) is 11.5 Å². The summed E-state index contributed by atoms with van der Waals surface area (Å²) in [4.78, 5) is 22.2. The van der Waals surface area contributed by atoms with E-state index < -0.39 is 0 Å². The fraction of sp³-hybridized carbons (Fsp3) is 0.238. The first-order valence-corrected chi connectivity index (χ1v) is 11.1. The SMILES string of the molecule is CC(Sc1ccc2c(c1)OCCCO2)c1nc2scc(-c3ccco3)c2c(=O)[nH]1. The van der Waals surface area contributed by atoms with Gasteiger partial charge in [0.25, 0.3) is 5.56 Å². The number of H-pyrrole nitrogens is 1. The molecule has 29 heavy (non-hydrogen) atoms. The molecule has 148 valence electrons. The highest BCUT2D eigenvalue weighted by Gasteiger charge is 2.19. The molecule has 1 atom stereocenters. The van der Waals surface area contributed by atoms with Gasteiger partial charge < -0.3 is 18.9 Å². The lowest BCUT2D eigenvalue weighted by Gasteiger charge is -2.13. The molecule has 1 aliphatic heterocycles. The van der Waals surface area contributed by atoms with Crippen LogP contribution in [-0.2, 0) is 0 Å². The van der Waals surface area contributed by atoms with E-state index in [-0.39, 0.29) is 10.8 Å². The number of thiophene rings is 1. The van der Waals surface area contributed by atoms with Gasteiger partial charge >= 0.3 is 0 Å². The number of thioether (sulfide) groups is 1. The van der Waals surface area contributed by atoms with Crippen molar-refractivity contribution in [3.05, 3.63) is 58.2 Å². The van der Waals surface area contributed by atoms with E-state index in [0.29, 0.717) is 35.0 Å². The van der Waals surface area contributed by atoms with E-state index in [4.69, 9.17) is 18.9 Å². The molecule has 1 N–H and O–H groups in total. The second kappa shape index (κ2) is 7.61. The minimum absolute atomic E-state index is 0.0361. The monoisotopic (exact) mass is 426 g/mol.